The Bertz CT molecular complexity index is 933. The van der Waals surface area contributed by atoms with Gasteiger partial charge in [0, 0.05) is 12.8 Å². The van der Waals surface area contributed by atoms with Crippen LogP contribution < -0.4 is 14.8 Å². The molecule has 32 heavy (non-hydrogen) atoms. The van der Waals surface area contributed by atoms with E-state index in [4.69, 9.17) is 9.47 Å². The van der Waals surface area contributed by atoms with Gasteiger partial charge >= 0.3 is 5.97 Å². The lowest BCUT2D eigenvalue weighted by Gasteiger charge is -2.21. The molecule has 1 saturated heterocycles. The van der Waals surface area contributed by atoms with Crippen molar-refractivity contribution in [3.05, 3.63) is 60.2 Å². The highest BCUT2D eigenvalue weighted by Gasteiger charge is 2.40. The van der Waals surface area contributed by atoms with Crippen LogP contribution in [0.5, 0.6) is 11.5 Å². The monoisotopic (exact) mass is 440 g/mol. The van der Waals surface area contributed by atoms with Gasteiger partial charge in [-0.25, -0.2) is 4.79 Å². The van der Waals surface area contributed by atoms with Gasteiger partial charge in [-0.1, -0.05) is 30.3 Å². The summed E-state index contributed by atoms with van der Waals surface area (Å²) in [6.07, 6.45) is 0.483. The third-order valence-corrected chi connectivity index (χ3v) is 5.16. The van der Waals surface area contributed by atoms with E-state index in [2.05, 4.69) is 5.32 Å². The summed E-state index contributed by atoms with van der Waals surface area (Å²) < 4.78 is 11.4. The van der Waals surface area contributed by atoms with Gasteiger partial charge in [0.2, 0.25) is 11.8 Å². The predicted octanol–water partition coefficient (Wildman–Crippen LogP) is 2.40. The molecule has 1 fully saturated rings. The zero-order valence-electron chi connectivity index (χ0n) is 18.0. The van der Waals surface area contributed by atoms with Crippen LogP contribution in [0.4, 0.5) is 0 Å². The van der Waals surface area contributed by atoms with Crippen molar-refractivity contribution in [2.75, 3.05) is 19.7 Å². The van der Waals surface area contributed by atoms with Crippen LogP contribution in [0.2, 0.25) is 0 Å². The van der Waals surface area contributed by atoms with Crippen molar-refractivity contribution >= 4 is 17.8 Å². The average Bonchev–Trinajstić information content (AvgIpc) is 3.20. The van der Waals surface area contributed by atoms with Crippen molar-refractivity contribution < 1.29 is 29.0 Å². The number of rotatable bonds is 10. The van der Waals surface area contributed by atoms with E-state index in [1.807, 2.05) is 55.5 Å². The molecule has 2 atom stereocenters. The maximum atomic E-state index is 12.6. The number of para-hydroxylation sites is 1. The zero-order valence-corrected chi connectivity index (χ0v) is 18.0. The summed E-state index contributed by atoms with van der Waals surface area (Å²) in [5.41, 5.74) is 1.03. The first-order chi connectivity index (χ1) is 15.4. The van der Waals surface area contributed by atoms with Crippen LogP contribution >= 0.6 is 0 Å². The lowest BCUT2D eigenvalue weighted by atomic mass is 10.2. The predicted molar refractivity (Wildman–Crippen MR) is 118 cm³/mol. The van der Waals surface area contributed by atoms with Gasteiger partial charge in [0.15, 0.2) is 0 Å². The number of carbonyl (C=O) groups excluding carboxylic acids is 2. The fourth-order valence-corrected chi connectivity index (χ4v) is 3.58. The quantitative estimate of drug-likeness (QED) is 0.550. The van der Waals surface area contributed by atoms with Crippen LogP contribution in [0, 0.1) is 6.92 Å². The van der Waals surface area contributed by atoms with Gasteiger partial charge in [-0.15, -0.1) is 0 Å². The lowest BCUT2D eigenvalue weighted by Crippen LogP contribution is -2.45. The summed E-state index contributed by atoms with van der Waals surface area (Å²) in [5.74, 6) is -0.438. The first-order valence-electron chi connectivity index (χ1n) is 10.6. The molecule has 2 aromatic rings. The van der Waals surface area contributed by atoms with Crippen LogP contribution in [-0.4, -0.2) is 59.6 Å². The highest BCUT2D eigenvalue weighted by atomic mass is 16.5. The molecule has 2 unspecified atom stereocenters. The Balaban J connectivity index is 1.43. The summed E-state index contributed by atoms with van der Waals surface area (Å²) in [6.45, 7) is 2.23. The van der Waals surface area contributed by atoms with Crippen molar-refractivity contribution in [2.24, 2.45) is 0 Å². The molecule has 3 rings (SSSR count). The second kappa shape index (κ2) is 11.2. The Morgan fingerprint density at radius 1 is 1.09 bits per heavy atom. The molecule has 2 aromatic carbocycles. The molecule has 170 valence electrons. The molecule has 2 N–H and O–H groups in total. The average molecular weight is 440 g/mol. The molecule has 0 bridgehead atoms. The number of nitrogens with one attached hydrogen (secondary N) is 1. The minimum Gasteiger partial charge on any atom is -0.494 e. The van der Waals surface area contributed by atoms with E-state index < -0.39 is 24.0 Å². The van der Waals surface area contributed by atoms with Gasteiger partial charge < -0.3 is 24.8 Å². The summed E-state index contributed by atoms with van der Waals surface area (Å²) in [5, 5.41) is 12.1. The molecule has 0 saturated carbocycles. The number of carbonyl (C=O) groups is 3. The number of amides is 2. The standard InChI is InChI=1S/C24H28N2O6/c1-17-7-5-10-19(13-17)32-20-14-21(24(29)30)26(16-20)23(28)15-25-22(27)11-6-12-31-18-8-3-2-4-9-18/h2-5,7-10,13,20-21H,6,11-12,14-16H2,1H3,(H,25,27)(H,29,30). The number of hydrogen-bond acceptors (Lipinski definition) is 5. The number of aliphatic carboxylic acids is 1. The fraction of sp³-hybridized carbons (Fsp3) is 0.375. The second-order valence-electron chi connectivity index (χ2n) is 7.73. The van der Waals surface area contributed by atoms with E-state index in [0.717, 1.165) is 11.3 Å². The molecule has 1 aliphatic rings. The van der Waals surface area contributed by atoms with Crippen LogP contribution in [0.3, 0.4) is 0 Å². The van der Waals surface area contributed by atoms with Crippen molar-refractivity contribution in [3.63, 3.8) is 0 Å². The molecule has 8 nitrogen and oxygen atoms in total. The Morgan fingerprint density at radius 2 is 1.84 bits per heavy atom. The minimum absolute atomic E-state index is 0.157. The summed E-state index contributed by atoms with van der Waals surface area (Å²) in [6, 6.07) is 15.8. The van der Waals surface area contributed by atoms with E-state index in [-0.39, 0.29) is 31.8 Å². The van der Waals surface area contributed by atoms with Gasteiger partial charge in [0.05, 0.1) is 19.7 Å². The van der Waals surface area contributed by atoms with Crippen molar-refractivity contribution in [2.45, 2.75) is 38.3 Å². The number of ether oxygens (including phenoxy) is 2. The number of nitrogens with zero attached hydrogens (tertiary/aromatic N) is 1. The highest BCUT2D eigenvalue weighted by Crippen LogP contribution is 2.24. The van der Waals surface area contributed by atoms with Crippen LogP contribution in [0.15, 0.2) is 54.6 Å². The molecule has 0 spiro atoms. The summed E-state index contributed by atoms with van der Waals surface area (Å²) in [7, 11) is 0. The smallest absolute Gasteiger partial charge is 0.326 e. The van der Waals surface area contributed by atoms with Crippen molar-refractivity contribution in [1.82, 2.24) is 10.2 Å². The number of hydrogen-bond donors (Lipinski definition) is 2. The Morgan fingerprint density at radius 3 is 2.56 bits per heavy atom. The molecule has 8 heteroatoms. The molecule has 0 aliphatic carbocycles. The lowest BCUT2D eigenvalue weighted by molar-refractivity contribution is -0.148. The summed E-state index contributed by atoms with van der Waals surface area (Å²) in [4.78, 5) is 37.6. The van der Waals surface area contributed by atoms with E-state index in [0.29, 0.717) is 18.8 Å². The molecular formula is C24H28N2O6. The first kappa shape index (κ1) is 23.1. The third kappa shape index (κ3) is 6.73. The Hall–Kier alpha value is -3.55. The van der Waals surface area contributed by atoms with Gasteiger partial charge in [0.25, 0.3) is 0 Å². The SMILES string of the molecule is Cc1cccc(OC2CC(C(=O)O)N(C(=O)CNC(=O)CCCOc3ccccc3)C2)c1. The van der Waals surface area contributed by atoms with E-state index in [9.17, 15) is 19.5 Å². The second-order valence-corrected chi connectivity index (χ2v) is 7.73. The Labute approximate surface area is 187 Å². The highest BCUT2D eigenvalue weighted by molar-refractivity contribution is 5.88. The molecule has 1 heterocycles. The first-order valence-corrected chi connectivity index (χ1v) is 10.6. The van der Waals surface area contributed by atoms with E-state index >= 15 is 0 Å². The molecular weight excluding hydrogens is 412 g/mol. The number of likely N-dealkylation sites (tertiary alicyclic amines) is 1. The van der Waals surface area contributed by atoms with Crippen molar-refractivity contribution in [3.8, 4) is 11.5 Å². The van der Waals surface area contributed by atoms with Crippen molar-refractivity contribution in [1.29, 1.82) is 0 Å². The van der Waals surface area contributed by atoms with Gasteiger partial charge in [-0.3, -0.25) is 9.59 Å². The van der Waals surface area contributed by atoms with Gasteiger partial charge in [-0.05, 0) is 43.2 Å². The maximum absolute atomic E-state index is 12.6. The normalized spacial score (nSPS) is 17.6. The topological polar surface area (TPSA) is 105 Å². The Kier molecular flexibility index (Phi) is 8.08. The number of carboxylic acid groups (broad SMARTS) is 1. The van der Waals surface area contributed by atoms with Crippen LogP contribution in [-0.2, 0) is 14.4 Å². The van der Waals surface area contributed by atoms with E-state index in [1.54, 1.807) is 6.07 Å². The maximum Gasteiger partial charge on any atom is 0.326 e. The van der Waals surface area contributed by atoms with Crippen LogP contribution in [0.25, 0.3) is 0 Å². The zero-order chi connectivity index (χ0) is 22.9. The molecule has 0 radical (unpaired) electrons. The molecule has 1 aliphatic heterocycles. The third-order valence-electron chi connectivity index (χ3n) is 5.16. The largest absolute Gasteiger partial charge is 0.494 e. The number of benzene rings is 2. The van der Waals surface area contributed by atoms with Crippen LogP contribution in [0.1, 0.15) is 24.8 Å². The minimum atomic E-state index is -1.09. The van der Waals surface area contributed by atoms with Gasteiger partial charge in [-0.2, -0.15) is 0 Å². The fourth-order valence-electron chi connectivity index (χ4n) is 3.58. The number of aryl methyl sites for hydroxylation is 1. The molecule has 0 aromatic heterocycles. The molecule has 2 amide bonds. The van der Waals surface area contributed by atoms with Gasteiger partial charge in [0.1, 0.15) is 23.6 Å². The summed E-state index contributed by atoms with van der Waals surface area (Å²) >= 11 is 0. The number of carboxylic acids is 1. The van der Waals surface area contributed by atoms with E-state index in [1.165, 1.54) is 4.90 Å².